The average molecular weight is 1460 g/mol. The summed E-state index contributed by atoms with van der Waals surface area (Å²) in [5.74, 6) is 0.178. The summed E-state index contributed by atoms with van der Waals surface area (Å²) in [6.07, 6.45) is 62.0. The fraction of sp³-hybridized carbons (Fsp3) is 0.901. The molecular weight excluding hydrogens is 1310 g/mol. The molecule has 0 aromatic heterocycles. The van der Waals surface area contributed by atoms with Gasteiger partial charge in [0.2, 0.25) is 0 Å². The summed E-state index contributed by atoms with van der Waals surface area (Å²) >= 11 is 0. The van der Waals surface area contributed by atoms with E-state index >= 15 is 0 Å². The normalized spacial score (nSPS) is 14.4. The third-order valence-corrected chi connectivity index (χ3v) is 20.5. The van der Waals surface area contributed by atoms with Gasteiger partial charge in [0.05, 0.1) is 26.4 Å². The number of aliphatic hydroxyl groups is 1. The van der Waals surface area contributed by atoms with Crippen molar-refractivity contribution in [2.45, 2.75) is 414 Å². The van der Waals surface area contributed by atoms with Gasteiger partial charge in [0.25, 0.3) is 0 Å². The van der Waals surface area contributed by atoms with Gasteiger partial charge in [-0.3, -0.25) is 37.3 Å². The number of unbranched alkanes of at least 4 members (excludes halogenated alkanes) is 41. The molecule has 0 heterocycles. The molecule has 0 saturated heterocycles. The zero-order valence-electron chi connectivity index (χ0n) is 65.2. The molecule has 6 atom stereocenters. The lowest BCUT2D eigenvalue weighted by atomic mass is 9.99. The lowest BCUT2D eigenvalue weighted by Crippen LogP contribution is -2.30. The highest BCUT2D eigenvalue weighted by Gasteiger charge is 2.30. The van der Waals surface area contributed by atoms with Crippen molar-refractivity contribution >= 4 is 39.5 Å². The van der Waals surface area contributed by atoms with E-state index in [9.17, 15) is 43.2 Å². The van der Waals surface area contributed by atoms with Crippen molar-refractivity contribution in [3.8, 4) is 0 Å². The molecule has 0 aromatic carbocycles. The molecule has 3 N–H and O–H groups in total. The summed E-state index contributed by atoms with van der Waals surface area (Å²) in [6.45, 7) is 11.9. The molecule has 0 aliphatic carbocycles. The standard InChI is InChI=1S/C81H154O17P2/c1-8-10-11-12-13-14-15-16-21-25-28-34-41-48-55-62-78(83)91-68-76(97-81(86)65-58-51-43-36-31-30-32-38-45-52-59-72(3)4)70-95-99(87,88)93-66-75(82)67-94-100(89,90)96-71-77(69-92-79(84)63-56-49-44-37-39-46-53-60-73(5)6)98-80(85)64-57-50-42-35-29-26-23-20-18-17-19-22-24-27-33-40-47-54-61-74(7)9-2/h14-16,21,72-77,82H,8-13,17-20,22-71H2,1-7H3,(H,87,88)(H,89,90)/b15-14-,21-16-/t74?,75?,76-,77-/m1/s1. The SMILES string of the molecule is CCCCCC/C=C\C=C/CCCCCCCC(=O)OC[C@H](COP(=O)(O)OCC(O)COP(=O)(O)OC[C@@H](COC(=O)CCCCCCCCCC(C)C)OC(=O)CCCCCCCCCCCCCCCCCCCCC(C)CC)OC(=O)CCCCCCCCCCCCC(C)C. The van der Waals surface area contributed by atoms with Gasteiger partial charge < -0.3 is 33.8 Å². The van der Waals surface area contributed by atoms with Gasteiger partial charge in [-0.25, -0.2) is 9.13 Å². The lowest BCUT2D eigenvalue weighted by Gasteiger charge is -2.21. The van der Waals surface area contributed by atoms with Gasteiger partial charge in [-0.1, -0.05) is 342 Å². The first-order valence-corrected chi connectivity index (χ1v) is 44.2. The molecule has 4 unspecified atom stereocenters. The van der Waals surface area contributed by atoms with E-state index < -0.39 is 97.5 Å². The van der Waals surface area contributed by atoms with Crippen molar-refractivity contribution in [3.05, 3.63) is 24.3 Å². The summed E-state index contributed by atoms with van der Waals surface area (Å²) in [5, 5.41) is 10.6. The highest BCUT2D eigenvalue weighted by atomic mass is 31.2. The molecule has 0 amide bonds. The van der Waals surface area contributed by atoms with Crippen LogP contribution in [0.3, 0.4) is 0 Å². The Balaban J connectivity index is 5.22. The average Bonchev–Trinajstić information content (AvgIpc) is 0.921. The Morgan fingerprint density at radius 2 is 0.590 bits per heavy atom. The number of aliphatic hydroxyl groups excluding tert-OH is 1. The monoisotopic (exact) mass is 1460 g/mol. The van der Waals surface area contributed by atoms with E-state index in [1.54, 1.807) is 0 Å². The van der Waals surface area contributed by atoms with Crippen LogP contribution in [0.4, 0.5) is 0 Å². The first-order chi connectivity index (χ1) is 48.3. The minimum Gasteiger partial charge on any atom is -0.462 e. The Hall–Kier alpha value is -2.46. The lowest BCUT2D eigenvalue weighted by molar-refractivity contribution is -0.161. The van der Waals surface area contributed by atoms with Gasteiger partial charge in [-0.15, -0.1) is 0 Å². The van der Waals surface area contributed by atoms with Crippen LogP contribution in [-0.2, 0) is 65.4 Å². The molecule has 17 nitrogen and oxygen atoms in total. The minimum atomic E-state index is -4.97. The van der Waals surface area contributed by atoms with E-state index in [1.165, 1.54) is 180 Å². The van der Waals surface area contributed by atoms with Crippen LogP contribution in [0.5, 0.6) is 0 Å². The van der Waals surface area contributed by atoms with Gasteiger partial charge in [0.15, 0.2) is 12.2 Å². The zero-order valence-corrected chi connectivity index (χ0v) is 66.9. The molecule has 0 fully saturated rings. The molecule has 0 aliphatic rings. The molecule has 100 heavy (non-hydrogen) atoms. The summed E-state index contributed by atoms with van der Waals surface area (Å²) in [6, 6.07) is 0. The van der Waals surface area contributed by atoms with Gasteiger partial charge in [-0.05, 0) is 69.1 Å². The van der Waals surface area contributed by atoms with Crippen molar-refractivity contribution in [1.29, 1.82) is 0 Å². The molecule has 0 rings (SSSR count). The number of esters is 4. The number of rotatable bonds is 77. The predicted molar refractivity (Wildman–Crippen MR) is 409 cm³/mol. The van der Waals surface area contributed by atoms with Crippen molar-refractivity contribution < 1.29 is 80.2 Å². The second kappa shape index (κ2) is 70.8. The van der Waals surface area contributed by atoms with Crippen LogP contribution in [0.25, 0.3) is 0 Å². The topological polar surface area (TPSA) is 237 Å². The second-order valence-corrected chi connectivity index (χ2v) is 32.6. The number of phosphoric acid groups is 2. The van der Waals surface area contributed by atoms with E-state index in [-0.39, 0.29) is 25.7 Å². The highest BCUT2D eigenvalue weighted by Crippen LogP contribution is 2.45. The molecule has 0 aliphatic heterocycles. The van der Waals surface area contributed by atoms with E-state index in [4.69, 9.17) is 37.0 Å². The first kappa shape index (κ1) is 97.5. The van der Waals surface area contributed by atoms with Crippen molar-refractivity contribution in [2.24, 2.45) is 17.8 Å². The second-order valence-electron chi connectivity index (χ2n) is 29.7. The van der Waals surface area contributed by atoms with Crippen LogP contribution in [0, 0.1) is 17.8 Å². The van der Waals surface area contributed by atoms with Crippen molar-refractivity contribution in [1.82, 2.24) is 0 Å². The smallest absolute Gasteiger partial charge is 0.462 e. The number of phosphoric ester groups is 2. The quantitative estimate of drug-likeness (QED) is 0.0169. The Kier molecular flexibility index (Phi) is 69.1. The molecule has 590 valence electrons. The van der Waals surface area contributed by atoms with Crippen molar-refractivity contribution in [2.75, 3.05) is 39.6 Å². The van der Waals surface area contributed by atoms with E-state index in [1.807, 2.05) is 0 Å². The summed E-state index contributed by atoms with van der Waals surface area (Å²) in [4.78, 5) is 72.9. The molecular formula is C81H154O17P2. The van der Waals surface area contributed by atoms with Crippen LogP contribution in [-0.4, -0.2) is 96.7 Å². The maximum absolute atomic E-state index is 13.1. The molecule has 19 heteroatoms. The van der Waals surface area contributed by atoms with Crippen LogP contribution in [0.1, 0.15) is 395 Å². The van der Waals surface area contributed by atoms with Gasteiger partial charge in [0.1, 0.15) is 19.3 Å². The molecule has 0 aromatic rings. The van der Waals surface area contributed by atoms with Crippen LogP contribution in [0.2, 0.25) is 0 Å². The van der Waals surface area contributed by atoms with Crippen LogP contribution in [0.15, 0.2) is 24.3 Å². The zero-order chi connectivity index (χ0) is 73.7. The molecule has 0 saturated carbocycles. The van der Waals surface area contributed by atoms with Gasteiger partial charge >= 0.3 is 39.5 Å². The van der Waals surface area contributed by atoms with Gasteiger partial charge in [0, 0.05) is 25.7 Å². The fourth-order valence-electron chi connectivity index (χ4n) is 11.9. The number of carbonyl (C=O) groups is 4. The number of hydrogen-bond acceptors (Lipinski definition) is 15. The van der Waals surface area contributed by atoms with E-state index in [0.717, 1.165) is 127 Å². The Morgan fingerprint density at radius 3 is 0.890 bits per heavy atom. The third-order valence-electron chi connectivity index (χ3n) is 18.6. The minimum absolute atomic E-state index is 0.0989. The Morgan fingerprint density at radius 1 is 0.330 bits per heavy atom. The molecule has 0 bridgehead atoms. The van der Waals surface area contributed by atoms with Crippen LogP contribution >= 0.6 is 15.6 Å². The third kappa shape index (κ3) is 72.5. The number of ether oxygens (including phenoxy) is 4. The number of hydrogen-bond donors (Lipinski definition) is 3. The van der Waals surface area contributed by atoms with E-state index in [0.29, 0.717) is 31.6 Å². The molecule has 0 spiro atoms. The maximum Gasteiger partial charge on any atom is 0.472 e. The van der Waals surface area contributed by atoms with Gasteiger partial charge in [-0.2, -0.15) is 0 Å². The van der Waals surface area contributed by atoms with Crippen molar-refractivity contribution in [3.63, 3.8) is 0 Å². The van der Waals surface area contributed by atoms with E-state index in [2.05, 4.69) is 72.8 Å². The summed E-state index contributed by atoms with van der Waals surface area (Å²) in [5.41, 5.74) is 0. The summed E-state index contributed by atoms with van der Waals surface area (Å²) < 4.78 is 68.6. The first-order valence-electron chi connectivity index (χ1n) is 41.2. The summed E-state index contributed by atoms with van der Waals surface area (Å²) in [7, 11) is -9.93. The highest BCUT2D eigenvalue weighted by molar-refractivity contribution is 7.47. The fourth-order valence-corrected chi connectivity index (χ4v) is 13.5. The Bertz CT molecular complexity index is 2040. The maximum atomic E-state index is 13.1. The predicted octanol–water partition coefficient (Wildman–Crippen LogP) is 23.7. The van der Waals surface area contributed by atoms with Crippen LogP contribution < -0.4 is 0 Å². The molecule has 0 radical (unpaired) electrons. The Labute approximate surface area is 612 Å². The largest absolute Gasteiger partial charge is 0.472 e. The number of carbonyl (C=O) groups excluding carboxylic acids is 4. The number of allylic oxidation sites excluding steroid dienone is 4.